The largest absolute Gasteiger partial charge is 0.416 e. The van der Waals surface area contributed by atoms with E-state index >= 15 is 4.39 Å². The molecule has 12 heteroatoms. The van der Waals surface area contributed by atoms with E-state index in [1.54, 1.807) is 6.07 Å². The normalized spacial score (nSPS) is 22.0. The smallest absolute Gasteiger partial charge is 0.379 e. The minimum atomic E-state index is -4.51. The number of aromatic nitrogens is 2. The molecule has 0 aliphatic heterocycles. The van der Waals surface area contributed by atoms with Crippen molar-refractivity contribution in [2.24, 2.45) is 0 Å². The Labute approximate surface area is 228 Å². The van der Waals surface area contributed by atoms with Gasteiger partial charge in [0.15, 0.2) is 9.84 Å². The van der Waals surface area contributed by atoms with Crippen LogP contribution < -0.4 is 5.32 Å². The van der Waals surface area contributed by atoms with Gasteiger partial charge in [0.05, 0.1) is 27.7 Å². The molecule has 38 heavy (non-hydrogen) atoms. The Morgan fingerprint density at radius 2 is 2.00 bits per heavy atom. The van der Waals surface area contributed by atoms with Crippen LogP contribution in [0.3, 0.4) is 0 Å². The van der Waals surface area contributed by atoms with Crippen LogP contribution in [0.4, 0.5) is 23.2 Å². The predicted octanol–water partition coefficient (Wildman–Crippen LogP) is 5.94. The van der Waals surface area contributed by atoms with Gasteiger partial charge in [-0.05, 0) is 69.0 Å². The lowest BCUT2D eigenvalue weighted by atomic mass is 9.78. The molecular weight excluding hydrogens is 544 g/mol. The van der Waals surface area contributed by atoms with E-state index in [1.165, 1.54) is 31.7 Å². The summed E-state index contributed by atoms with van der Waals surface area (Å²) in [7, 11) is -2.76. The Balaban J connectivity index is 1.59. The van der Waals surface area contributed by atoms with Gasteiger partial charge in [-0.15, -0.1) is 0 Å². The van der Waals surface area contributed by atoms with Gasteiger partial charge in [-0.2, -0.15) is 13.2 Å². The molecule has 0 bridgehead atoms. The van der Waals surface area contributed by atoms with Crippen molar-refractivity contribution in [3.8, 4) is 0 Å². The number of nitrogens with zero attached hydrogens (tertiary/aromatic N) is 3. The molecule has 1 aromatic heterocycles. The van der Waals surface area contributed by atoms with Gasteiger partial charge in [-0.1, -0.05) is 29.8 Å². The quantitative estimate of drug-likeness (QED) is 0.353. The second-order valence-electron chi connectivity index (χ2n) is 9.28. The van der Waals surface area contributed by atoms with Crippen LogP contribution in [0, 0.1) is 5.82 Å². The van der Waals surface area contributed by atoms with E-state index in [2.05, 4.69) is 15.3 Å². The number of likely N-dealkylation sites (N-methyl/N-ethyl adjacent to an activating group) is 1. The van der Waals surface area contributed by atoms with Gasteiger partial charge in [0, 0.05) is 22.4 Å². The fraction of sp³-hybridized carbons (Fsp3) is 0.385. The van der Waals surface area contributed by atoms with Crippen molar-refractivity contribution in [2.45, 2.75) is 54.1 Å². The summed E-state index contributed by atoms with van der Waals surface area (Å²) in [5.41, 5.74) is -0.0973. The zero-order chi connectivity index (χ0) is 30.2. The highest BCUT2D eigenvalue weighted by Crippen LogP contribution is 2.39. The highest BCUT2D eigenvalue weighted by Gasteiger charge is 2.35. The maximum Gasteiger partial charge on any atom is 0.416 e. The van der Waals surface area contributed by atoms with Crippen molar-refractivity contribution in [1.29, 1.82) is 0 Å². The van der Waals surface area contributed by atoms with Crippen molar-refractivity contribution < 1.29 is 30.1 Å². The predicted molar refractivity (Wildman–Crippen MR) is 137 cm³/mol. The summed E-state index contributed by atoms with van der Waals surface area (Å²) < 4.78 is 105. The highest BCUT2D eigenvalue weighted by molar-refractivity contribution is 7.90. The number of benzene rings is 2. The molecule has 6 nitrogen and oxygen atoms in total. The molecule has 204 valence electrons. The summed E-state index contributed by atoms with van der Waals surface area (Å²) in [6.45, 7) is -2.52. The van der Waals surface area contributed by atoms with Gasteiger partial charge in [0.2, 0.25) is 0 Å². The van der Waals surface area contributed by atoms with Gasteiger partial charge in [0.1, 0.15) is 17.0 Å². The summed E-state index contributed by atoms with van der Waals surface area (Å²) in [6, 6.07) is 7.03. The number of rotatable bonds is 7. The molecule has 0 unspecified atom stereocenters. The SMILES string of the molecule is [2H]C([2H])([2H])N(C)[C@H]1C[C@@H](c2cccc(C(F)(F)F)c2)CC[C@@H]1Nc1cc(F)c(S(=O)(=O)Cc2ccncn2)cc1Cl. The van der Waals surface area contributed by atoms with Crippen LogP contribution in [0.15, 0.2) is 59.9 Å². The van der Waals surface area contributed by atoms with E-state index in [9.17, 15) is 21.6 Å². The summed E-state index contributed by atoms with van der Waals surface area (Å²) in [6.07, 6.45) is -1.01. The Hall–Kier alpha value is -2.76. The first-order valence-corrected chi connectivity index (χ1v) is 13.7. The van der Waals surface area contributed by atoms with Gasteiger partial charge in [-0.3, -0.25) is 0 Å². The summed E-state index contributed by atoms with van der Waals surface area (Å²) in [5.74, 6) is -1.98. The van der Waals surface area contributed by atoms with Crippen LogP contribution in [0.2, 0.25) is 5.02 Å². The van der Waals surface area contributed by atoms with Crippen molar-refractivity contribution in [1.82, 2.24) is 14.9 Å². The van der Waals surface area contributed by atoms with E-state index < -0.39 is 57.1 Å². The Morgan fingerprint density at radius 1 is 1.21 bits per heavy atom. The van der Waals surface area contributed by atoms with Crippen molar-refractivity contribution in [3.05, 3.63) is 82.6 Å². The maximum absolute atomic E-state index is 15.1. The standard InChI is InChI=1S/C26H27ClF4N4O2S/c1-35(2)24-11-17(16-4-3-5-18(10-16)26(29,30)31)6-7-22(24)34-23-13-21(28)25(12-20(23)27)38(36,37)14-19-8-9-32-15-33-19/h3-5,8-10,12-13,15,17,22,24,34H,6-7,11,14H2,1-2H3/t17-,22-,24-/m0/s1/i1D3. The molecule has 0 spiro atoms. The molecule has 1 saturated carbocycles. The van der Waals surface area contributed by atoms with Gasteiger partial charge < -0.3 is 10.2 Å². The molecule has 0 saturated heterocycles. The summed E-state index contributed by atoms with van der Waals surface area (Å²) in [4.78, 5) is 8.13. The van der Waals surface area contributed by atoms with Crippen LogP contribution in [-0.2, 0) is 21.8 Å². The zero-order valence-corrected chi connectivity index (χ0v) is 21.8. The number of hydrogen-bond donors (Lipinski definition) is 1. The number of halogens is 5. The van der Waals surface area contributed by atoms with Crippen LogP contribution in [0.5, 0.6) is 0 Å². The number of anilines is 1. The monoisotopic (exact) mass is 573 g/mol. The Bertz CT molecular complexity index is 1490. The van der Waals surface area contributed by atoms with E-state index in [0.717, 1.165) is 29.2 Å². The van der Waals surface area contributed by atoms with E-state index in [1.807, 2.05) is 0 Å². The molecular formula is C26H27ClF4N4O2S. The topological polar surface area (TPSA) is 75.2 Å². The van der Waals surface area contributed by atoms with E-state index in [0.29, 0.717) is 18.4 Å². The first kappa shape index (κ1) is 24.3. The first-order chi connectivity index (χ1) is 19.1. The van der Waals surface area contributed by atoms with Crippen LogP contribution in [0.1, 0.15) is 46.1 Å². The first-order valence-electron chi connectivity index (χ1n) is 13.2. The molecule has 0 radical (unpaired) electrons. The Kier molecular flexibility index (Phi) is 7.13. The lowest BCUT2D eigenvalue weighted by Gasteiger charge is -2.41. The number of sulfone groups is 1. The molecule has 3 aromatic rings. The van der Waals surface area contributed by atoms with E-state index in [4.69, 9.17) is 15.7 Å². The second-order valence-corrected chi connectivity index (χ2v) is 11.6. The minimum absolute atomic E-state index is 0.0663. The molecule has 2 aromatic carbocycles. The molecule has 1 aliphatic carbocycles. The average Bonchev–Trinajstić information content (AvgIpc) is 2.89. The maximum atomic E-state index is 15.1. The third-order valence-corrected chi connectivity index (χ3v) is 8.65. The van der Waals surface area contributed by atoms with Gasteiger partial charge in [0.25, 0.3) is 0 Å². The highest BCUT2D eigenvalue weighted by atomic mass is 35.5. The molecule has 1 aliphatic rings. The molecule has 1 heterocycles. The number of hydrogen-bond acceptors (Lipinski definition) is 6. The lowest BCUT2D eigenvalue weighted by molar-refractivity contribution is -0.137. The average molecular weight is 574 g/mol. The molecule has 1 N–H and O–H groups in total. The van der Waals surface area contributed by atoms with Crippen molar-refractivity contribution >= 4 is 27.1 Å². The molecule has 3 atom stereocenters. The van der Waals surface area contributed by atoms with Gasteiger partial charge in [-0.25, -0.2) is 22.8 Å². The second kappa shape index (κ2) is 11.2. The summed E-state index contributed by atoms with van der Waals surface area (Å²) in [5, 5.41) is 2.98. The van der Waals surface area contributed by atoms with Crippen molar-refractivity contribution in [3.63, 3.8) is 0 Å². The molecule has 0 amide bonds. The van der Waals surface area contributed by atoms with Crippen LogP contribution in [0.25, 0.3) is 0 Å². The minimum Gasteiger partial charge on any atom is -0.379 e. The fourth-order valence-corrected chi connectivity index (χ4v) is 6.42. The number of nitrogens with one attached hydrogen (secondary N) is 1. The molecule has 4 rings (SSSR count). The lowest BCUT2D eigenvalue weighted by Crippen LogP contribution is -2.47. The van der Waals surface area contributed by atoms with Gasteiger partial charge >= 0.3 is 6.18 Å². The van der Waals surface area contributed by atoms with Crippen LogP contribution >= 0.6 is 11.6 Å². The third kappa shape index (κ3) is 6.44. The van der Waals surface area contributed by atoms with E-state index in [-0.39, 0.29) is 28.7 Å². The zero-order valence-electron chi connectivity index (χ0n) is 23.2. The fourth-order valence-electron chi connectivity index (χ4n) is 4.77. The van der Waals surface area contributed by atoms with Crippen LogP contribution in [-0.4, -0.2) is 49.4 Å². The third-order valence-electron chi connectivity index (χ3n) is 6.68. The van der Waals surface area contributed by atoms with Crippen molar-refractivity contribution in [2.75, 3.05) is 19.3 Å². The molecule has 1 fully saturated rings. The number of alkyl halides is 3. The Morgan fingerprint density at radius 3 is 2.68 bits per heavy atom. The summed E-state index contributed by atoms with van der Waals surface area (Å²) >= 11 is 6.38.